The van der Waals surface area contributed by atoms with Crippen LogP contribution in [0, 0.1) is 5.92 Å². The molecule has 1 unspecified atom stereocenters. The molecular formula is C18H22O2. The van der Waals surface area contributed by atoms with E-state index in [4.69, 9.17) is 4.74 Å². The predicted octanol–water partition coefficient (Wildman–Crippen LogP) is 4.32. The van der Waals surface area contributed by atoms with Crippen LogP contribution in [-0.2, 0) is 14.9 Å². The van der Waals surface area contributed by atoms with E-state index in [0.29, 0.717) is 6.61 Å². The van der Waals surface area contributed by atoms with E-state index in [1.54, 1.807) is 0 Å². The fourth-order valence-electron chi connectivity index (χ4n) is 2.48. The normalized spacial score (nSPS) is 14.2. The van der Waals surface area contributed by atoms with Gasteiger partial charge in [-0.25, -0.2) is 0 Å². The van der Waals surface area contributed by atoms with E-state index >= 15 is 0 Å². The molecule has 0 bridgehead atoms. The van der Waals surface area contributed by atoms with Crippen molar-refractivity contribution in [2.45, 2.75) is 33.1 Å². The smallest absolute Gasteiger partial charge is 0.316 e. The molecule has 0 radical (unpaired) electrons. The van der Waals surface area contributed by atoms with Crippen LogP contribution in [0.2, 0.25) is 0 Å². The summed E-state index contributed by atoms with van der Waals surface area (Å²) in [6.07, 6.45) is 0. The van der Waals surface area contributed by atoms with Crippen molar-refractivity contribution < 1.29 is 9.53 Å². The molecule has 2 aromatic carbocycles. The van der Waals surface area contributed by atoms with Gasteiger partial charge in [-0.05, 0) is 36.1 Å². The molecule has 2 rings (SSSR count). The van der Waals surface area contributed by atoms with Gasteiger partial charge in [0.25, 0.3) is 0 Å². The molecule has 0 aliphatic carbocycles. The Labute approximate surface area is 120 Å². The molecule has 0 aliphatic rings. The van der Waals surface area contributed by atoms with Gasteiger partial charge in [0.05, 0.1) is 12.0 Å². The van der Waals surface area contributed by atoms with Crippen LogP contribution in [0.15, 0.2) is 42.5 Å². The predicted molar refractivity (Wildman–Crippen MR) is 82.8 cm³/mol. The molecule has 20 heavy (non-hydrogen) atoms. The molecule has 0 saturated carbocycles. The summed E-state index contributed by atoms with van der Waals surface area (Å²) in [7, 11) is 0. The highest BCUT2D eigenvalue weighted by atomic mass is 16.5. The second-order valence-electron chi connectivity index (χ2n) is 5.64. The molecule has 0 aromatic heterocycles. The lowest BCUT2D eigenvalue weighted by atomic mass is 9.73. The SMILES string of the molecule is CCOC(=O)C(C)(c1ccc2ccccc2c1)C(C)C. The highest BCUT2D eigenvalue weighted by Crippen LogP contribution is 2.35. The summed E-state index contributed by atoms with van der Waals surface area (Å²) in [6.45, 7) is 8.35. The number of benzene rings is 2. The van der Waals surface area contributed by atoms with E-state index in [2.05, 4.69) is 38.1 Å². The minimum absolute atomic E-state index is 0.148. The van der Waals surface area contributed by atoms with Crippen LogP contribution < -0.4 is 0 Å². The summed E-state index contributed by atoms with van der Waals surface area (Å²) >= 11 is 0. The maximum absolute atomic E-state index is 12.4. The van der Waals surface area contributed by atoms with Crippen molar-refractivity contribution in [3.05, 3.63) is 48.0 Å². The summed E-state index contributed by atoms with van der Waals surface area (Å²) in [5, 5.41) is 2.34. The zero-order valence-electron chi connectivity index (χ0n) is 12.6. The fraction of sp³-hybridized carbons (Fsp3) is 0.389. The Kier molecular flexibility index (Phi) is 4.12. The molecular weight excluding hydrogens is 248 g/mol. The molecule has 0 N–H and O–H groups in total. The van der Waals surface area contributed by atoms with Gasteiger partial charge in [-0.2, -0.15) is 0 Å². The largest absolute Gasteiger partial charge is 0.465 e. The van der Waals surface area contributed by atoms with Gasteiger partial charge in [0, 0.05) is 0 Å². The average molecular weight is 270 g/mol. The van der Waals surface area contributed by atoms with Crippen molar-refractivity contribution in [1.82, 2.24) is 0 Å². The molecule has 2 heteroatoms. The van der Waals surface area contributed by atoms with Crippen LogP contribution >= 0.6 is 0 Å². The number of ether oxygens (including phenoxy) is 1. The number of carbonyl (C=O) groups is 1. The van der Waals surface area contributed by atoms with E-state index < -0.39 is 5.41 Å². The Morgan fingerprint density at radius 3 is 2.40 bits per heavy atom. The monoisotopic (exact) mass is 270 g/mol. The van der Waals surface area contributed by atoms with Crippen LogP contribution in [0.25, 0.3) is 10.8 Å². The molecule has 0 heterocycles. The van der Waals surface area contributed by atoms with Gasteiger partial charge in [0.1, 0.15) is 0 Å². The highest BCUT2D eigenvalue weighted by molar-refractivity contribution is 5.88. The van der Waals surface area contributed by atoms with Gasteiger partial charge in [-0.15, -0.1) is 0 Å². The summed E-state index contributed by atoms with van der Waals surface area (Å²) in [5.74, 6) is 0.0213. The van der Waals surface area contributed by atoms with E-state index in [0.717, 1.165) is 10.9 Å². The van der Waals surface area contributed by atoms with E-state index in [1.165, 1.54) is 5.39 Å². The number of rotatable bonds is 4. The zero-order valence-corrected chi connectivity index (χ0v) is 12.6. The number of esters is 1. The van der Waals surface area contributed by atoms with Crippen molar-refractivity contribution in [2.24, 2.45) is 5.92 Å². The first-order chi connectivity index (χ1) is 9.50. The molecule has 0 amide bonds. The molecule has 0 saturated heterocycles. The average Bonchev–Trinajstić information content (AvgIpc) is 2.45. The van der Waals surface area contributed by atoms with Gasteiger partial charge in [-0.3, -0.25) is 4.79 Å². The standard InChI is InChI=1S/C18H22O2/c1-5-20-17(19)18(4,13(2)3)16-11-10-14-8-6-7-9-15(14)12-16/h6-13H,5H2,1-4H3. The molecule has 0 fully saturated rings. The van der Waals surface area contributed by atoms with Crippen molar-refractivity contribution in [2.75, 3.05) is 6.61 Å². The van der Waals surface area contributed by atoms with Crippen molar-refractivity contribution in [3.8, 4) is 0 Å². The highest BCUT2D eigenvalue weighted by Gasteiger charge is 2.39. The molecule has 106 valence electrons. The van der Waals surface area contributed by atoms with Gasteiger partial charge in [0.2, 0.25) is 0 Å². The first-order valence-electron chi connectivity index (χ1n) is 7.16. The summed E-state index contributed by atoms with van der Waals surface area (Å²) < 4.78 is 5.30. The summed E-state index contributed by atoms with van der Waals surface area (Å²) in [4.78, 5) is 12.4. The summed E-state index contributed by atoms with van der Waals surface area (Å²) in [5.41, 5.74) is 0.407. The first-order valence-corrected chi connectivity index (χ1v) is 7.16. The molecule has 2 aromatic rings. The minimum Gasteiger partial charge on any atom is -0.465 e. The maximum atomic E-state index is 12.4. The van der Waals surface area contributed by atoms with Crippen molar-refractivity contribution in [1.29, 1.82) is 0 Å². The lowest BCUT2D eigenvalue weighted by Crippen LogP contribution is -2.39. The van der Waals surface area contributed by atoms with Crippen molar-refractivity contribution >= 4 is 16.7 Å². The Balaban J connectivity index is 2.54. The number of carbonyl (C=O) groups excluding carboxylic acids is 1. The fourth-order valence-corrected chi connectivity index (χ4v) is 2.48. The third-order valence-electron chi connectivity index (χ3n) is 4.20. The van der Waals surface area contributed by atoms with Crippen LogP contribution in [0.5, 0.6) is 0 Å². The topological polar surface area (TPSA) is 26.3 Å². The number of fused-ring (bicyclic) bond motifs is 1. The van der Waals surface area contributed by atoms with Crippen molar-refractivity contribution in [3.63, 3.8) is 0 Å². The Morgan fingerprint density at radius 1 is 1.15 bits per heavy atom. The Morgan fingerprint density at radius 2 is 1.80 bits per heavy atom. The number of hydrogen-bond acceptors (Lipinski definition) is 2. The van der Waals surface area contributed by atoms with Gasteiger partial charge in [0.15, 0.2) is 0 Å². The van der Waals surface area contributed by atoms with Gasteiger partial charge < -0.3 is 4.74 Å². The van der Waals surface area contributed by atoms with Gasteiger partial charge in [-0.1, -0.05) is 56.3 Å². The Bertz CT molecular complexity index is 616. The van der Waals surface area contributed by atoms with Crippen LogP contribution in [0.1, 0.15) is 33.3 Å². The lowest BCUT2D eigenvalue weighted by molar-refractivity contribution is -0.151. The second-order valence-corrected chi connectivity index (χ2v) is 5.64. The van der Waals surface area contributed by atoms with Gasteiger partial charge >= 0.3 is 5.97 Å². The molecule has 1 atom stereocenters. The molecule has 0 spiro atoms. The summed E-state index contributed by atoms with van der Waals surface area (Å²) in [6, 6.07) is 14.4. The van der Waals surface area contributed by atoms with Crippen LogP contribution in [0.3, 0.4) is 0 Å². The van der Waals surface area contributed by atoms with E-state index in [1.807, 2.05) is 32.0 Å². The number of hydrogen-bond donors (Lipinski definition) is 0. The van der Waals surface area contributed by atoms with Crippen LogP contribution in [-0.4, -0.2) is 12.6 Å². The second kappa shape index (κ2) is 5.66. The minimum atomic E-state index is -0.611. The lowest BCUT2D eigenvalue weighted by Gasteiger charge is -2.32. The quantitative estimate of drug-likeness (QED) is 0.773. The maximum Gasteiger partial charge on any atom is 0.316 e. The Hall–Kier alpha value is -1.83. The molecule has 0 aliphatic heterocycles. The first kappa shape index (κ1) is 14.6. The zero-order chi connectivity index (χ0) is 14.8. The third kappa shape index (κ3) is 2.43. The molecule has 2 nitrogen and oxygen atoms in total. The van der Waals surface area contributed by atoms with Crippen LogP contribution in [0.4, 0.5) is 0 Å². The van der Waals surface area contributed by atoms with E-state index in [-0.39, 0.29) is 11.9 Å². The van der Waals surface area contributed by atoms with E-state index in [9.17, 15) is 4.79 Å². The third-order valence-corrected chi connectivity index (χ3v) is 4.20.